The fourth-order valence-corrected chi connectivity index (χ4v) is 8.02. The smallest absolute Gasteiger partial charge is 0.0748 e. The molecule has 24 heavy (non-hydrogen) atoms. The molecule has 4 atom stereocenters. The molecule has 0 heterocycles. The second-order valence-electron chi connectivity index (χ2n) is 8.31. The standard InChI is InChI=1S/C22H14N2/c23-9-21-17-13-7-3-1-5-11(13)15-18-14-8-4-2-6-12(14)16(17)20(21)22(18,10-24)19(15)21/h1-8,15-20H. The van der Waals surface area contributed by atoms with Gasteiger partial charge in [0.2, 0.25) is 0 Å². The van der Waals surface area contributed by atoms with Crippen molar-refractivity contribution in [2.45, 2.75) is 23.7 Å². The van der Waals surface area contributed by atoms with Crippen LogP contribution in [0.1, 0.15) is 45.9 Å². The number of rotatable bonds is 0. The third-order valence-electron chi connectivity index (χ3n) is 8.29. The summed E-state index contributed by atoms with van der Waals surface area (Å²) < 4.78 is 0. The monoisotopic (exact) mass is 306 g/mol. The van der Waals surface area contributed by atoms with Crippen molar-refractivity contribution in [3.63, 3.8) is 0 Å². The van der Waals surface area contributed by atoms with Crippen LogP contribution in [0.15, 0.2) is 48.5 Å². The van der Waals surface area contributed by atoms with E-state index in [2.05, 4.69) is 60.7 Å². The van der Waals surface area contributed by atoms with E-state index < -0.39 is 0 Å². The summed E-state index contributed by atoms with van der Waals surface area (Å²) in [6, 6.07) is 23.0. The molecule has 0 amide bonds. The van der Waals surface area contributed by atoms with Gasteiger partial charge in [-0.1, -0.05) is 48.5 Å². The normalized spacial score (nSPS) is 49.1. The van der Waals surface area contributed by atoms with Crippen LogP contribution in [0.2, 0.25) is 0 Å². The Bertz CT molecular complexity index is 959. The van der Waals surface area contributed by atoms with Gasteiger partial charge in [0.25, 0.3) is 0 Å². The molecule has 0 aromatic heterocycles. The van der Waals surface area contributed by atoms with E-state index in [4.69, 9.17) is 0 Å². The molecule has 2 nitrogen and oxygen atoms in total. The highest BCUT2D eigenvalue weighted by Gasteiger charge is 2.95. The largest absolute Gasteiger partial charge is 0.198 e. The lowest BCUT2D eigenvalue weighted by Gasteiger charge is -2.89. The molecule has 0 spiro atoms. The first-order chi connectivity index (χ1) is 11.8. The van der Waals surface area contributed by atoms with E-state index in [0.29, 0.717) is 11.8 Å². The Balaban J connectivity index is 1.65. The topological polar surface area (TPSA) is 47.6 Å². The van der Waals surface area contributed by atoms with Gasteiger partial charge in [0.1, 0.15) is 0 Å². The van der Waals surface area contributed by atoms with Gasteiger partial charge in [-0.15, -0.1) is 0 Å². The summed E-state index contributed by atoms with van der Waals surface area (Å²) in [5.74, 6) is 1.78. The average molecular weight is 306 g/mol. The number of benzene rings is 2. The zero-order valence-corrected chi connectivity index (χ0v) is 13.0. The van der Waals surface area contributed by atoms with E-state index in [1.165, 1.54) is 22.3 Å². The summed E-state index contributed by atoms with van der Waals surface area (Å²) in [4.78, 5) is 0. The molecule has 0 N–H and O–H groups in total. The Morgan fingerprint density at radius 2 is 1.00 bits per heavy atom. The van der Waals surface area contributed by atoms with Crippen LogP contribution < -0.4 is 0 Å². The van der Waals surface area contributed by atoms with Crippen LogP contribution in [0.4, 0.5) is 0 Å². The SMILES string of the molecule is N#CC12C3c4ccccc4C4C5c6ccccc6C3C1C5(C#N)C42. The highest BCUT2D eigenvalue weighted by Crippen LogP contribution is 2.98. The summed E-state index contributed by atoms with van der Waals surface area (Å²) in [5.41, 5.74) is 5.09. The van der Waals surface area contributed by atoms with Crippen LogP contribution in [0, 0.1) is 45.3 Å². The highest BCUT2D eigenvalue weighted by atomic mass is 14.9. The van der Waals surface area contributed by atoms with E-state index in [0.717, 1.165) is 0 Å². The van der Waals surface area contributed by atoms with Crippen molar-refractivity contribution >= 4 is 0 Å². The Morgan fingerprint density at radius 3 is 1.38 bits per heavy atom. The minimum absolute atomic E-state index is 0.250. The zero-order valence-electron chi connectivity index (χ0n) is 13.0. The molecule has 2 heteroatoms. The second-order valence-corrected chi connectivity index (χ2v) is 8.31. The Morgan fingerprint density at radius 1 is 0.625 bits per heavy atom. The molecular formula is C22H14N2. The van der Waals surface area contributed by atoms with Crippen LogP contribution in [0.25, 0.3) is 0 Å². The molecular weight excluding hydrogens is 292 g/mol. The van der Waals surface area contributed by atoms with Gasteiger partial charge in [0, 0.05) is 23.7 Å². The van der Waals surface area contributed by atoms with E-state index in [1.807, 2.05) is 0 Å². The molecule has 0 bridgehead atoms. The van der Waals surface area contributed by atoms with Gasteiger partial charge in [0.15, 0.2) is 0 Å². The quantitative estimate of drug-likeness (QED) is 0.737. The van der Waals surface area contributed by atoms with Crippen molar-refractivity contribution in [3.05, 3.63) is 70.8 Å². The maximum absolute atomic E-state index is 10.2. The second kappa shape index (κ2) is 3.15. The predicted molar refractivity (Wildman–Crippen MR) is 86.9 cm³/mol. The lowest BCUT2D eigenvalue weighted by molar-refractivity contribution is -0.332. The van der Waals surface area contributed by atoms with Crippen molar-refractivity contribution < 1.29 is 0 Å². The predicted octanol–water partition coefficient (Wildman–Crippen LogP) is 4.04. The maximum Gasteiger partial charge on any atom is 0.0748 e. The highest BCUT2D eigenvalue weighted by molar-refractivity contribution is 5.69. The fraction of sp³-hybridized carbons (Fsp3) is 0.364. The van der Waals surface area contributed by atoms with Crippen molar-refractivity contribution in [1.82, 2.24) is 0 Å². The summed E-state index contributed by atoms with van der Waals surface area (Å²) in [5, 5.41) is 20.3. The van der Waals surface area contributed by atoms with Gasteiger partial charge in [-0.25, -0.2) is 0 Å². The van der Waals surface area contributed by atoms with E-state index in [9.17, 15) is 10.5 Å². The van der Waals surface area contributed by atoms with Crippen LogP contribution in [0.3, 0.4) is 0 Å². The Hall–Kier alpha value is -2.58. The fourth-order valence-electron chi connectivity index (χ4n) is 8.02. The molecule has 3 saturated carbocycles. The molecule has 3 fully saturated rings. The molecule has 112 valence electrons. The molecule has 0 saturated heterocycles. The molecule has 4 unspecified atom stereocenters. The van der Waals surface area contributed by atoms with Crippen molar-refractivity contribution in [3.8, 4) is 12.1 Å². The van der Waals surface area contributed by atoms with Crippen molar-refractivity contribution in [2.75, 3.05) is 0 Å². The van der Waals surface area contributed by atoms with Crippen LogP contribution in [-0.4, -0.2) is 0 Å². The van der Waals surface area contributed by atoms with Crippen LogP contribution in [-0.2, 0) is 0 Å². The third kappa shape index (κ3) is 0.755. The number of hydrogen-bond donors (Lipinski definition) is 0. The van der Waals surface area contributed by atoms with Gasteiger partial charge in [-0.3, -0.25) is 0 Å². The van der Waals surface area contributed by atoms with Crippen LogP contribution in [0.5, 0.6) is 0 Å². The van der Waals surface area contributed by atoms with Gasteiger partial charge >= 0.3 is 0 Å². The number of nitriles is 2. The lowest BCUT2D eigenvalue weighted by Crippen LogP contribution is -2.87. The molecule has 0 aliphatic heterocycles. The molecule has 2 aromatic carbocycles. The zero-order chi connectivity index (χ0) is 15.8. The summed E-state index contributed by atoms with van der Waals surface area (Å²) in [6.45, 7) is 0. The molecule has 0 radical (unpaired) electrons. The molecule has 5 aliphatic carbocycles. The average Bonchev–Trinajstić information content (AvgIpc) is 2.57. The molecule has 5 aliphatic rings. The number of nitrogens with zero attached hydrogens (tertiary/aromatic N) is 2. The number of hydrogen-bond acceptors (Lipinski definition) is 2. The summed E-state index contributed by atoms with van der Waals surface area (Å²) in [7, 11) is 0. The molecule has 7 rings (SSSR count). The first-order valence-corrected chi connectivity index (χ1v) is 8.82. The van der Waals surface area contributed by atoms with Gasteiger partial charge in [0.05, 0.1) is 23.0 Å². The Labute approximate surface area is 140 Å². The van der Waals surface area contributed by atoms with Crippen molar-refractivity contribution in [2.24, 2.45) is 22.7 Å². The molecule has 2 aromatic rings. The maximum atomic E-state index is 10.2. The minimum atomic E-state index is -0.274. The number of fused-ring (bicyclic) bond motifs is 8. The third-order valence-corrected chi connectivity index (χ3v) is 8.29. The van der Waals surface area contributed by atoms with E-state index in [-0.39, 0.29) is 34.5 Å². The minimum Gasteiger partial charge on any atom is -0.198 e. The first-order valence-electron chi connectivity index (χ1n) is 8.82. The van der Waals surface area contributed by atoms with Gasteiger partial charge in [-0.2, -0.15) is 10.5 Å². The van der Waals surface area contributed by atoms with Crippen molar-refractivity contribution in [1.29, 1.82) is 10.5 Å². The van der Waals surface area contributed by atoms with Gasteiger partial charge < -0.3 is 0 Å². The van der Waals surface area contributed by atoms with E-state index >= 15 is 0 Å². The lowest BCUT2D eigenvalue weighted by atomic mass is 9.10. The summed E-state index contributed by atoms with van der Waals surface area (Å²) in [6.07, 6.45) is 0. The van der Waals surface area contributed by atoms with Crippen LogP contribution >= 0.6 is 0 Å². The van der Waals surface area contributed by atoms with E-state index in [1.54, 1.807) is 0 Å². The first kappa shape index (κ1) is 11.9. The summed E-state index contributed by atoms with van der Waals surface area (Å²) >= 11 is 0. The van der Waals surface area contributed by atoms with Gasteiger partial charge in [-0.05, 0) is 34.1 Å². The Kier molecular flexibility index (Phi) is 1.56.